The van der Waals surface area contributed by atoms with E-state index in [0.717, 1.165) is 43.9 Å². The topological polar surface area (TPSA) is 41.9 Å². The van der Waals surface area contributed by atoms with Gasteiger partial charge < -0.3 is 19.5 Å². The van der Waals surface area contributed by atoms with Crippen LogP contribution in [0.15, 0.2) is 12.1 Å². The Morgan fingerprint density at radius 3 is 2.65 bits per heavy atom. The third-order valence-electron chi connectivity index (χ3n) is 4.05. The van der Waals surface area contributed by atoms with E-state index in [1.165, 1.54) is 5.56 Å². The minimum absolute atomic E-state index is 0.308. The van der Waals surface area contributed by atoms with E-state index in [1.54, 1.807) is 13.2 Å². The monoisotopic (exact) mass is 279 g/mol. The van der Waals surface area contributed by atoms with E-state index in [0.29, 0.717) is 18.4 Å². The van der Waals surface area contributed by atoms with Crippen LogP contribution in [0.1, 0.15) is 30.9 Å². The molecule has 0 aliphatic carbocycles. The Bertz CT molecular complexity index is 442. The van der Waals surface area contributed by atoms with Gasteiger partial charge in [-0.2, -0.15) is 0 Å². The first kappa shape index (κ1) is 15.1. The summed E-state index contributed by atoms with van der Waals surface area (Å²) in [5.74, 6) is 0.308. The van der Waals surface area contributed by atoms with Gasteiger partial charge in [0.25, 0.3) is 0 Å². The summed E-state index contributed by atoms with van der Waals surface area (Å²) < 4.78 is 10.7. The van der Waals surface area contributed by atoms with Crippen molar-refractivity contribution in [3.63, 3.8) is 0 Å². The lowest BCUT2D eigenvalue weighted by molar-refractivity contribution is 0.0846. The number of anilines is 1. The lowest BCUT2D eigenvalue weighted by atomic mass is 10.0. The van der Waals surface area contributed by atoms with Crippen molar-refractivity contribution in [2.45, 2.75) is 39.3 Å². The SMILES string of the molecule is CCN(c1cc(O)cc(COC)c1C)C1CCOCC1. The minimum atomic E-state index is 0.308. The Kier molecular flexibility index (Phi) is 5.26. The Morgan fingerprint density at radius 2 is 2.05 bits per heavy atom. The Balaban J connectivity index is 2.32. The number of ether oxygens (including phenoxy) is 2. The van der Waals surface area contributed by atoms with Crippen LogP contribution in [0.2, 0.25) is 0 Å². The molecule has 1 heterocycles. The first-order valence-corrected chi connectivity index (χ1v) is 7.33. The highest BCUT2D eigenvalue weighted by atomic mass is 16.5. The number of phenols is 1. The van der Waals surface area contributed by atoms with Crippen LogP contribution in [-0.2, 0) is 16.1 Å². The smallest absolute Gasteiger partial charge is 0.118 e. The fourth-order valence-corrected chi connectivity index (χ4v) is 2.97. The molecule has 2 rings (SSSR count). The molecule has 4 nitrogen and oxygen atoms in total. The molecule has 0 atom stereocenters. The summed E-state index contributed by atoms with van der Waals surface area (Å²) in [6.07, 6.45) is 2.09. The molecule has 1 saturated heterocycles. The van der Waals surface area contributed by atoms with E-state index in [1.807, 2.05) is 6.07 Å². The van der Waals surface area contributed by atoms with Crippen molar-refractivity contribution in [3.8, 4) is 5.75 Å². The molecule has 1 aromatic carbocycles. The predicted molar refractivity (Wildman–Crippen MR) is 80.4 cm³/mol. The quantitative estimate of drug-likeness (QED) is 0.900. The second-order valence-corrected chi connectivity index (χ2v) is 5.31. The number of methoxy groups -OCH3 is 1. The minimum Gasteiger partial charge on any atom is -0.508 e. The molecular weight excluding hydrogens is 254 g/mol. The van der Waals surface area contributed by atoms with E-state index in [4.69, 9.17) is 9.47 Å². The average molecular weight is 279 g/mol. The Labute approximate surface area is 121 Å². The molecule has 1 aliphatic heterocycles. The van der Waals surface area contributed by atoms with E-state index in [9.17, 15) is 5.11 Å². The van der Waals surface area contributed by atoms with Gasteiger partial charge in [-0.3, -0.25) is 0 Å². The highest BCUT2D eigenvalue weighted by molar-refractivity contribution is 5.60. The fourth-order valence-electron chi connectivity index (χ4n) is 2.97. The molecule has 1 N–H and O–H groups in total. The van der Waals surface area contributed by atoms with Crippen LogP contribution >= 0.6 is 0 Å². The predicted octanol–water partition coefficient (Wildman–Crippen LogP) is 2.85. The van der Waals surface area contributed by atoms with Crippen LogP contribution in [0.5, 0.6) is 5.75 Å². The molecule has 1 fully saturated rings. The summed E-state index contributed by atoms with van der Waals surface area (Å²) in [6.45, 7) is 7.37. The zero-order valence-electron chi connectivity index (χ0n) is 12.7. The third kappa shape index (κ3) is 3.25. The van der Waals surface area contributed by atoms with Gasteiger partial charge in [0.05, 0.1) is 6.61 Å². The summed E-state index contributed by atoms with van der Waals surface area (Å²) in [5.41, 5.74) is 3.36. The molecule has 1 aliphatic rings. The molecule has 20 heavy (non-hydrogen) atoms. The zero-order valence-corrected chi connectivity index (χ0v) is 12.7. The lowest BCUT2D eigenvalue weighted by Crippen LogP contribution is -2.39. The summed E-state index contributed by atoms with van der Waals surface area (Å²) in [6, 6.07) is 4.15. The second kappa shape index (κ2) is 6.95. The number of benzene rings is 1. The van der Waals surface area contributed by atoms with Crippen molar-refractivity contribution in [2.24, 2.45) is 0 Å². The maximum atomic E-state index is 9.98. The summed E-state index contributed by atoms with van der Waals surface area (Å²) in [5, 5.41) is 9.98. The van der Waals surface area contributed by atoms with Crippen molar-refractivity contribution < 1.29 is 14.6 Å². The number of hydrogen-bond acceptors (Lipinski definition) is 4. The third-order valence-corrected chi connectivity index (χ3v) is 4.05. The van der Waals surface area contributed by atoms with Gasteiger partial charge in [0, 0.05) is 44.7 Å². The van der Waals surface area contributed by atoms with Crippen LogP contribution in [0.3, 0.4) is 0 Å². The van der Waals surface area contributed by atoms with E-state index in [2.05, 4.69) is 18.7 Å². The number of nitrogens with zero attached hydrogens (tertiary/aromatic N) is 1. The van der Waals surface area contributed by atoms with Crippen LogP contribution in [0.25, 0.3) is 0 Å². The second-order valence-electron chi connectivity index (χ2n) is 5.31. The number of rotatable bonds is 5. The standard InChI is InChI=1S/C16H25NO3/c1-4-17(14-5-7-20-8-6-14)16-10-15(18)9-13(11-19-3)12(16)2/h9-10,14,18H,4-8,11H2,1-3H3. The first-order valence-electron chi connectivity index (χ1n) is 7.33. The van der Waals surface area contributed by atoms with Gasteiger partial charge in [0.1, 0.15) is 5.75 Å². The van der Waals surface area contributed by atoms with Gasteiger partial charge in [-0.25, -0.2) is 0 Å². The molecule has 1 aromatic rings. The molecule has 0 bridgehead atoms. The summed E-state index contributed by atoms with van der Waals surface area (Å²) in [7, 11) is 1.68. The van der Waals surface area contributed by atoms with E-state index < -0.39 is 0 Å². The lowest BCUT2D eigenvalue weighted by Gasteiger charge is -2.36. The van der Waals surface area contributed by atoms with Gasteiger partial charge >= 0.3 is 0 Å². The molecule has 0 unspecified atom stereocenters. The molecule has 0 radical (unpaired) electrons. The molecule has 0 amide bonds. The highest BCUT2D eigenvalue weighted by Gasteiger charge is 2.23. The Hall–Kier alpha value is -1.26. The van der Waals surface area contributed by atoms with Crippen molar-refractivity contribution in [3.05, 3.63) is 23.3 Å². The maximum absolute atomic E-state index is 9.98. The van der Waals surface area contributed by atoms with Gasteiger partial charge in [-0.15, -0.1) is 0 Å². The molecule has 112 valence electrons. The maximum Gasteiger partial charge on any atom is 0.118 e. The van der Waals surface area contributed by atoms with Crippen LogP contribution in [-0.4, -0.2) is 38.0 Å². The normalized spacial score (nSPS) is 16.4. The van der Waals surface area contributed by atoms with Crippen LogP contribution < -0.4 is 4.90 Å². The molecule has 0 spiro atoms. The summed E-state index contributed by atoms with van der Waals surface area (Å²) >= 11 is 0. The van der Waals surface area contributed by atoms with E-state index >= 15 is 0 Å². The van der Waals surface area contributed by atoms with Gasteiger partial charge in [-0.1, -0.05) is 0 Å². The van der Waals surface area contributed by atoms with Gasteiger partial charge in [-0.05, 0) is 43.9 Å². The van der Waals surface area contributed by atoms with Crippen LogP contribution in [0, 0.1) is 6.92 Å². The van der Waals surface area contributed by atoms with Crippen molar-refractivity contribution in [1.82, 2.24) is 0 Å². The zero-order chi connectivity index (χ0) is 14.5. The molecular formula is C16H25NO3. The van der Waals surface area contributed by atoms with Crippen molar-refractivity contribution >= 4 is 5.69 Å². The molecule has 0 saturated carbocycles. The molecule has 0 aromatic heterocycles. The highest BCUT2D eigenvalue weighted by Crippen LogP contribution is 2.32. The van der Waals surface area contributed by atoms with Gasteiger partial charge in [0.2, 0.25) is 0 Å². The first-order chi connectivity index (χ1) is 9.67. The number of hydrogen-bond donors (Lipinski definition) is 1. The van der Waals surface area contributed by atoms with E-state index in [-0.39, 0.29) is 0 Å². The fraction of sp³-hybridized carbons (Fsp3) is 0.625. The van der Waals surface area contributed by atoms with Crippen LogP contribution in [0.4, 0.5) is 5.69 Å². The van der Waals surface area contributed by atoms with Gasteiger partial charge in [0.15, 0.2) is 0 Å². The number of phenolic OH excluding ortho intramolecular Hbond substituents is 1. The molecule has 4 heteroatoms. The van der Waals surface area contributed by atoms with Crippen molar-refractivity contribution in [1.29, 1.82) is 0 Å². The largest absolute Gasteiger partial charge is 0.508 e. The van der Waals surface area contributed by atoms with Crippen molar-refractivity contribution in [2.75, 3.05) is 31.8 Å². The summed E-state index contributed by atoms with van der Waals surface area (Å²) in [4.78, 5) is 2.39. The number of aromatic hydroxyl groups is 1. The Morgan fingerprint density at radius 1 is 1.35 bits per heavy atom. The average Bonchev–Trinajstić information content (AvgIpc) is 2.46.